The third-order valence-corrected chi connectivity index (χ3v) is 4.43. The van der Waals surface area contributed by atoms with Gasteiger partial charge in [0.05, 0.1) is 5.56 Å². The lowest BCUT2D eigenvalue weighted by atomic mass is 9.89. The number of hydrogen-bond acceptors (Lipinski definition) is 3. The van der Waals surface area contributed by atoms with Crippen LogP contribution in [0.1, 0.15) is 23.2 Å². The number of carboxylic acid groups (broad SMARTS) is 1. The smallest absolute Gasteiger partial charge is 0.329 e. The van der Waals surface area contributed by atoms with E-state index >= 15 is 0 Å². The molecular formula is C13H13Br2NO4. The Kier molecular flexibility index (Phi) is 4.82. The lowest BCUT2D eigenvalue weighted by Gasteiger charge is -2.34. The number of aliphatic carboxylic acids is 1. The fraction of sp³-hybridized carbons (Fsp3) is 0.385. The van der Waals surface area contributed by atoms with Crippen LogP contribution in [0.5, 0.6) is 0 Å². The SMILES string of the molecule is O=C(NC1(C(=O)O)CCOCC1)c1ccc(Br)cc1Br. The zero-order valence-corrected chi connectivity index (χ0v) is 13.7. The molecule has 0 spiro atoms. The van der Waals surface area contributed by atoms with E-state index in [9.17, 15) is 14.7 Å². The number of halogens is 2. The predicted octanol–water partition coefficient (Wildman–Crippen LogP) is 2.58. The monoisotopic (exact) mass is 405 g/mol. The molecule has 1 aliphatic rings. The van der Waals surface area contributed by atoms with Gasteiger partial charge in [-0.2, -0.15) is 0 Å². The number of benzene rings is 1. The van der Waals surface area contributed by atoms with Crippen molar-refractivity contribution in [2.24, 2.45) is 0 Å². The van der Waals surface area contributed by atoms with E-state index in [1.54, 1.807) is 18.2 Å². The number of hydrogen-bond donors (Lipinski definition) is 2. The maximum Gasteiger partial charge on any atom is 0.329 e. The minimum atomic E-state index is -1.25. The van der Waals surface area contributed by atoms with E-state index < -0.39 is 17.4 Å². The second-order valence-corrected chi connectivity index (χ2v) is 6.35. The molecule has 5 nitrogen and oxygen atoms in total. The highest BCUT2D eigenvalue weighted by Crippen LogP contribution is 2.25. The fourth-order valence-electron chi connectivity index (χ4n) is 2.07. The summed E-state index contributed by atoms with van der Waals surface area (Å²) in [6, 6.07) is 5.11. The molecule has 20 heavy (non-hydrogen) atoms. The Morgan fingerprint density at radius 1 is 1.25 bits per heavy atom. The van der Waals surface area contributed by atoms with Crippen LogP contribution in [-0.4, -0.2) is 35.7 Å². The summed E-state index contributed by atoms with van der Waals surface area (Å²) in [4.78, 5) is 23.8. The molecule has 2 rings (SSSR count). The Labute approximate surface area is 132 Å². The molecule has 0 radical (unpaired) electrons. The molecule has 1 aliphatic heterocycles. The first-order valence-corrected chi connectivity index (χ1v) is 7.62. The van der Waals surface area contributed by atoms with E-state index in [0.717, 1.165) is 4.47 Å². The van der Waals surface area contributed by atoms with Gasteiger partial charge in [0.2, 0.25) is 0 Å². The number of ether oxygens (including phenoxy) is 1. The second-order valence-electron chi connectivity index (χ2n) is 4.58. The van der Waals surface area contributed by atoms with E-state index in [-0.39, 0.29) is 12.8 Å². The van der Waals surface area contributed by atoms with Gasteiger partial charge in [0, 0.05) is 35.0 Å². The molecule has 0 aliphatic carbocycles. The van der Waals surface area contributed by atoms with Crippen LogP contribution in [-0.2, 0) is 9.53 Å². The van der Waals surface area contributed by atoms with Crippen molar-refractivity contribution >= 4 is 43.7 Å². The normalized spacial score (nSPS) is 17.5. The van der Waals surface area contributed by atoms with E-state index in [4.69, 9.17) is 4.74 Å². The highest BCUT2D eigenvalue weighted by molar-refractivity contribution is 9.11. The Bertz CT molecular complexity index is 541. The Hall–Kier alpha value is -0.920. The van der Waals surface area contributed by atoms with E-state index in [1.165, 1.54) is 0 Å². The summed E-state index contributed by atoms with van der Waals surface area (Å²) < 4.78 is 6.61. The van der Waals surface area contributed by atoms with Crippen LogP contribution in [0.2, 0.25) is 0 Å². The molecule has 1 heterocycles. The zero-order valence-electron chi connectivity index (χ0n) is 10.5. The first-order chi connectivity index (χ1) is 9.44. The zero-order chi connectivity index (χ0) is 14.8. The molecule has 108 valence electrons. The first-order valence-electron chi connectivity index (χ1n) is 6.03. The maximum absolute atomic E-state index is 12.3. The number of rotatable bonds is 3. The van der Waals surface area contributed by atoms with Crippen molar-refractivity contribution < 1.29 is 19.4 Å². The van der Waals surface area contributed by atoms with Crippen molar-refractivity contribution in [1.29, 1.82) is 0 Å². The van der Waals surface area contributed by atoms with Gasteiger partial charge in [-0.3, -0.25) is 4.79 Å². The molecule has 0 unspecified atom stereocenters. The van der Waals surface area contributed by atoms with Gasteiger partial charge < -0.3 is 15.2 Å². The van der Waals surface area contributed by atoms with Gasteiger partial charge >= 0.3 is 5.97 Å². The van der Waals surface area contributed by atoms with E-state index in [1.807, 2.05) is 0 Å². The number of nitrogens with one attached hydrogen (secondary N) is 1. The Morgan fingerprint density at radius 3 is 2.45 bits per heavy atom. The average Bonchev–Trinajstić information content (AvgIpc) is 2.39. The lowest BCUT2D eigenvalue weighted by Crippen LogP contribution is -2.57. The van der Waals surface area contributed by atoms with Crippen molar-refractivity contribution in [1.82, 2.24) is 5.32 Å². The number of carbonyl (C=O) groups is 2. The van der Waals surface area contributed by atoms with Crippen molar-refractivity contribution in [3.63, 3.8) is 0 Å². The van der Waals surface area contributed by atoms with Crippen molar-refractivity contribution in [2.45, 2.75) is 18.4 Å². The lowest BCUT2D eigenvalue weighted by molar-refractivity contribution is -0.148. The summed E-state index contributed by atoms with van der Waals surface area (Å²) in [6.07, 6.45) is 0.532. The van der Waals surface area contributed by atoms with Gasteiger partial charge in [0.15, 0.2) is 0 Å². The number of amides is 1. The topological polar surface area (TPSA) is 75.6 Å². The summed E-state index contributed by atoms with van der Waals surface area (Å²) in [5, 5.41) is 12.1. The van der Waals surface area contributed by atoms with Crippen LogP contribution in [0.15, 0.2) is 27.1 Å². The quantitative estimate of drug-likeness (QED) is 0.808. The molecule has 1 aromatic rings. The molecule has 1 aromatic carbocycles. The number of carboxylic acids is 1. The minimum Gasteiger partial charge on any atom is -0.480 e. The van der Waals surface area contributed by atoms with Gasteiger partial charge in [0.25, 0.3) is 5.91 Å². The molecule has 1 saturated heterocycles. The Balaban J connectivity index is 2.22. The van der Waals surface area contributed by atoms with Crippen LogP contribution in [0.3, 0.4) is 0 Å². The molecule has 7 heteroatoms. The molecule has 1 amide bonds. The van der Waals surface area contributed by atoms with E-state index in [2.05, 4.69) is 37.2 Å². The standard InChI is InChI=1S/C13H13Br2NO4/c14-8-1-2-9(10(15)7-8)11(17)16-13(12(18)19)3-5-20-6-4-13/h1-2,7H,3-6H2,(H,16,17)(H,18,19). The second kappa shape index (κ2) is 6.24. The third kappa shape index (κ3) is 3.21. The molecule has 2 N–H and O–H groups in total. The summed E-state index contributed by atoms with van der Waals surface area (Å²) in [6.45, 7) is 0.655. The highest BCUT2D eigenvalue weighted by atomic mass is 79.9. The molecule has 1 fully saturated rings. The summed E-state index contributed by atoms with van der Waals surface area (Å²) in [5.41, 5.74) is -0.845. The average molecular weight is 407 g/mol. The molecule has 0 bridgehead atoms. The third-order valence-electron chi connectivity index (χ3n) is 3.28. The Morgan fingerprint density at radius 2 is 1.90 bits per heavy atom. The van der Waals surface area contributed by atoms with Crippen LogP contribution in [0.4, 0.5) is 0 Å². The predicted molar refractivity (Wildman–Crippen MR) is 79.7 cm³/mol. The first kappa shape index (κ1) is 15.5. The van der Waals surface area contributed by atoms with Crippen LogP contribution >= 0.6 is 31.9 Å². The van der Waals surface area contributed by atoms with Crippen LogP contribution in [0, 0.1) is 0 Å². The van der Waals surface area contributed by atoms with Gasteiger partial charge in [-0.1, -0.05) is 15.9 Å². The summed E-state index contributed by atoms with van der Waals surface area (Å²) in [5.74, 6) is -1.43. The van der Waals surface area contributed by atoms with Gasteiger partial charge in [0.1, 0.15) is 5.54 Å². The molecule has 0 saturated carbocycles. The van der Waals surface area contributed by atoms with Gasteiger partial charge in [-0.25, -0.2) is 4.79 Å². The van der Waals surface area contributed by atoms with Gasteiger partial charge in [-0.15, -0.1) is 0 Å². The fourth-order valence-corrected chi connectivity index (χ4v) is 3.30. The van der Waals surface area contributed by atoms with Crippen molar-refractivity contribution in [2.75, 3.05) is 13.2 Å². The molecule has 0 aromatic heterocycles. The highest BCUT2D eigenvalue weighted by Gasteiger charge is 2.41. The van der Waals surface area contributed by atoms with Crippen molar-refractivity contribution in [3.8, 4) is 0 Å². The van der Waals surface area contributed by atoms with E-state index in [0.29, 0.717) is 23.2 Å². The minimum absolute atomic E-state index is 0.266. The summed E-state index contributed by atoms with van der Waals surface area (Å²) >= 11 is 6.61. The maximum atomic E-state index is 12.3. The number of carbonyl (C=O) groups excluding carboxylic acids is 1. The summed E-state index contributed by atoms with van der Waals surface area (Å²) in [7, 11) is 0. The molecule has 0 atom stereocenters. The molecular weight excluding hydrogens is 394 g/mol. The van der Waals surface area contributed by atoms with Crippen LogP contribution in [0.25, 0.3) is 0 Å². The van der Waals surface area contributed by atoms with Crippen LogP contribution < -0.4 is 5.32 Å². The van der Waals surface area contributed by atoms with Gasteiger partial charge in [-0.05, 0) is 34.1 Å². The largest absolute Gasteiger partial charge is 0.480 e. The van der Waals surface area contributed by atoms with Crippen molar-refractivity contribution in [3.05, 3.63) is 32.7 Å².